The van der Waals surface area contributed by atoms with Crippen LogP contribution >= 0.6 is 0 Å². The summed E-state index contributed by atoms with van der Waals surface area (Å²) < 4.78 is 11.4. The summed E-state index contributed by atoms with van der Waals surface area (Å²) >= 11 is 0. The number of fused-ring (bicyclic) bond motifs is 1. The summed E-state index contributed by atoms with van der Waals surface area (Å²) in [6.07, 6.45) is 2.05. The lowest BCUT2D eigenvalue weighted by Crippen LogP contribution is -1.86. The summed E-state index contributed by atoms with van der Waals surface area (Å²) in [5.41, 5.74) is 3.67. The van der Waals surface area contributed by atoms with Crippen molar-refractivity contribution in [3.63, 3.8) is 0 Å². The highest BCUT2D eigenvalue weighted by molar-refractivity contribution is 5.81. The van der Waals surface area contributed by atoms with E-state index < -0.39 is 0 Å². The van der Waals surface area contributed by atoms with Crippen molar-refractivity contribution in [3.05, 3.63) is 29.5 Å². The van der Waals surface area contributed by atoms with E-state index in [1.54, 1.807) is 0 Å². The quantitative estimate of drug-likeness (QED) is 0.630. The van der Waals surface area contributed by atoms with E-state index in [1.807, 2.05) is 11.7 Å². The molecule has 1 aromatic carbocycles. The number of benzene rings is 1. The van der Waals surface area contributed by atoms with Crippen LogP contribution in [0.1, 0.15) is 11.1 Å². The molecule has 2 rings (SSSR count). The lowest BCUT2D eigenvalue weighted by atomic mass is 10.1. The van der Waals surface area contributed by atoms with Crippen molar-refractivity contribution in [3.8, 4) is 0 Å². The van der Waals surface area contributed by atoms with Crippen LogP contribution in [0.15, 0.2) is 18.3 Å². The van der Waals surface area contributed by atoms with Crippen molar-refractivity contribution in [2.24, 2.45) is 7.05 Å². The van der Waals surface area contributed by atoms with E-state index in [4.69, 9.17) is 0 Å². The van der Waals surface area contributed by atoms with Gasteiger partial charge in [0, 0.05) is 18.6 Å². The molecule has 76 valence electrons. The Morgan fingerprint density at radius 3 is 2.50 bits per heavy atom. The molecule has 0 aliphatic carbocycles. The lowest BCUT2D eigenvalue weighted by Gasteiger charge is -1.95. The minimum atomic E-state index is 0.500. The lowest BCUT2D eigenvalue weighted by molar-refractivity contribution is 0.636. The molecule has 14 heavy (non-hydrogen) atoms. The molecular weight excluding hydrogens is 179 g/mol. The molecule has 0 bridgehead atoms. The van der Waals surface area contributed by atoms with Gasteiger partial charge in [0.05, 0.1) is 12.7 Å². The van der Waals surface area contributed by atoms with Crippen LogP contribution in [0.25, 0.3) is 10.9 Å². The number of hydrogen-bond acceptors (Lipinski definition) is 1. The summed E-state index contributed by atoms with van der Waals surface area (Å²) in [6.45, 7) is 4.21. The SMILES string of the molecule is CF.Cc1cc(C)c2nn(C)cc2c1. The molecule has 1 aromatic heterocycles. The number of alkyl halides is 1. The monoisotopic (exact) mass is 194 g/mol. The normalized spacial score (nSPS) is 9.79. The summed E-state index contributed by atoms with van der Waals surface area (Å²) in [7, 11) is 2.45. The minimum Gasteiger partial charge on any atom is -0.275 e. The van der Waals surface area contributed by atoms with E-state index in [2.05, 4.69) is 37.3 Å². The molecule has 0 radical (unpaired) electrons. The fourth-order valence-corrected chi connectivity index (χ4v) is 1.62. The van der Waals surface area contributed by atoms with Crippen LogP contribution in [0.3, 0.4) is 0 Å². The second-order valence-electron chi connectivity index (χ2n) is 3.32. The molecule has 0 aliphatic heterocycles. The predicted octanol–water partition coefficient (Wildman–Crippen LogP) is 2.78. The van der Waals surface area contributed by atoms with Gasteiger partial charge in [0.2, 0.25) is 0 Å². The highest BCUT2D eigenvalue weighted by Gasteiger charge is 2.01. The summed E-state index contributed by atoms with van der Waals surface area (Å²) in [5.74, 6) is 0. The Balaban J connectivity index is 0.000000461. The molecule has 0 spiro atoms. The number of aromatic nitrogens is 2. The first-order valence-corrected chi connectivity index (χ1v) is 4.45. The maximum atomic E-state index is 9.50. The number of hydrogen-bond donors (Lipinski definition) is 0. The van der Waals surface area contributed by atoms with E-state index in [9.17, 15) is 4.39 Å². The van der Waals surface area contributed by atoms with Crippen molar-refractivity contribution in [1.82, 2.24) is 9.78 Å². The van der Waals surface area contributed by atoms with Crippen molar-refractivity contribution < 1.29 is 4.39 Å². The van der Waals surface area contributed by atoms with Gasteiger partial charge in [-0.15, -0.1) is 0 Å². The van der Waals surface area contributed by atoms with Crippen LogP contribution < -0.4 is 0 Å². The first-order chi connectivity index (χ1) is 6.66. The highest BCUT2D eigenvalue weighted by Crippen LogP contribution is 2.17. The van der Waals surface area contributed by atoms with Crippen molar-refractivity contribution in [1.29, 1.82) is 0 Å². The van der Waals surface area contributed by atoms with Crippen LogP contribution in [0, 0.1) is 13.8 Å². The molecule has 0 N–H and O–H groups in total. The van der Waals surface area contributed by atoms with Crippen LogP contribution in [-0.2, 0) is 7.05 Å². The third-order valence-corrected chi connectivity index (χ3v) is 2.06. The third kappa shape index (κ3) is 1.92. The predicted molar refractivity (Wildman–Crippen MR) is 57.2 cm³/mol. The largest absolute Gasteiger partial charge is 0.275 e. The zero-order chi connectivity index (χ0) is 10.7. The third-order valence-electron chi connectivity index (χ3n) is 2.06. The average molecular weight is 194 g/mol. The van der Waals surface area contributed by atoms with E-state index in [1.165, 1.54) is 16.5 Å². The van der Waals surface area contributed by atoms with Crippen LogP contribution in [-0.4, -0.2) is 17.0 Å². The van der Waals surface area contributed by atoms with Crippen molar-refractivity contribution >= 4 is 10.9 Å². The number of aryl methyl sites for hydroxylation is 3. The molecule has 0 atom stereocenters. The fourth-order valence-electron chi connectivity index (χ4n) is 1.62. The molecule has 0 amide bonds. The molecule has 1 heterocycles. The number of rotatable bonds is 0. The van der Waals surface area contributed by atoms with Gasteiger partial charge in [-0.1, -0.05) is 11.6 Å². The van der Waals surface area contributed by atoms with Gasteiger partial charge < -0.3 is 0 Å². The minimum absolute atomic E-state index is 0.500. The van der Waals surface area contributed by atoms with Gasteiger partial charge in [0.1, 0.15) is 0 Å². The highest BCUT2D eigenvalue weighted by atomic mass is 19.1. The molecule has 2 aromatic rings. The van der Waals surface area contributed by atoms with Crippen LogP contribution in [0.4, 0.5) is 4.39 Å². The Kier molecular flexibility index (Phi) is 3.23. The maximum absolute atomic E-state index is 9.50. The van der Waals surface area contributed by atoms with E-state index in [0.717, 1.165) is 5.52 Å². The maximum Gasteiger partial charge on any atom is 0.0952 e. The average Bonchev–Trinajstić information content (AvgIpc) is 2.49. The second kappa shape index (κ2) is 4.22. The molecule has 0 saturated carbocycles. The Labute approximate surface area is 83.4 Å². The van der Waals surface area contributed by atoms with Crippen molar-refractivity contribution in [2.75, 3.05) is 7.18 Å². The van der Waals surface area contributed by atoms with Crippen LogP contribution in [0.2, 0.25) is 0 Å². The first kappa shape index (κ1) is 10.7. The van der Waals surface area contributed by atoms with Gasteiger partial charge in [0.25, 0.3) is 0 Å². The zero-order valence-electron chi connectivity index (χ0n) is 9.00. The molecular formula is C11H15FN2. The van der Waals surface area contributed by atoms with Gasteiger partial charge in [-0.2, -0.15) is 5.10 Å². The van der Waals surface area contributed by atoms with E-state index in [0.29, 0.717) is 7.18 Å². The van der Waals surface area contributed by atoms with Gasteiger partial charge in [-0.3, -0.25) is 9.07 Å². The molecule has 3 heteroatoms. The smallest absolute Gasteiger partial charge is 0.0952 e. The Bertz CT molecular complexity index is 432. The van der Waals surface area contributed by atoms with Crippen LogP contribution in [0.5, 0.6) is 0 Å². The Morgan fingerprint density at radius 2 is 1.86 bits per heavy atom. The van der Waals surface area contributed by atoms with Gasteiger partial charge >= 0.3 is 0 Å². The number of halogens is 1. The second-order valence-corrected chi connectivity index (χ2v) is 3.32. The zero-order valence-corrected chi connectivity index (χ0v) is 9.00. The molecule has 0 aliphatic rings. The van der Waals surface area contributed by atoms with Crippen molar-refractivity contribution in [2.45, 2.75) is 13.8 Å². The molecule has 0 saturated heterocycles. The fraction of sp³-hybridized carbons (Fsp3) is 0.364. The summed E-state index contributed by atoms with van der Waals surface area (Å²) in [6, 6.07) is 4.32. The number of nitrogens with zero attached hydrogens (tertiary/aromatic N) is 2. The van der Waals surface area contributed by atoms with Gasteiger partial charge in [-0.25, -0.2) is 0 Å². The standard InChI is InChI=1S/C10H12N2.CH3F/c1-7-4-8(2)10-9(5-7)6-12(3)11-10;1-2/h4-6H,1-3H3;1H3. The first-order valence-electron chi connectivity index (χ1n) is 4.45. The molecule has 0 unspecified atom stereocenters. The Hall–Kier alpha value is -1.38. The van der Waals surface area contributed by atoms with Gasteiger partial charge in [-0.05, 0) is 25.5 Å². The topological polar surface area (TPSA) is 17.8 Å². The summed E-state index contributed by atoms with van der Waals surface area (Å²) in [4.78, 5) is 0. The Morgan fingerprint density at radius 1 is 1.21 bits per heavy atom. The van der Waals surface area contributed by atoms with E-state index in [-0.39, 0.29) is 0 Å². The van der Waals surface area contributed by atoms with E-state index >= 15 is 0 Å². The molecule has 2 nitrogen and oxygen atoms in total. The van der Waals surface area contributed by atoms with Gasteiger partial charge in [0.15, 0.2) is 0 Å². The molecule has 0 fully saturated rings. The summed E-state index contributed by atoms with van der Waals surface area (Å²) in [5, 5.41) is 5.60.